The smallest absolute Gasteiger partial charge is 0.282 e. The van der Waals surface area contributed by atoms with Crippen LogP contribution in [-0.4, -0.2) is 53.9 Å². The van der Waals surface area contributed by atoms with Crippen molar-refractivity contribution >= 4 is 10.2 Å². The topological polar surface area (TPSA) is 60.9 Å². The van der Waals surface area contributed by atoms with Crippen molar-refractivity contribution in [1.82, 2.24) is 8.61 Å². The Labute approximate surface area is 123 Å². The zero-order valence-electron chi connectivity index (χ0n) is 12.8. The van der Waals surface area contributed by atoms with E-state index in [0.717, 1.165) is 25.7 Å². The average molecular weight is 304 g/mol. The van der Waals surface area contributed by atoms with Gasteiger partial charge in [0.15, 0.2) is 0 Å². The summed E-state index contributed by atoms with van der Waals surface area (Å²) in [4.78, 5) is 0. The molecule has 1 N–H and O–H groups in total. The van der Waals surface area contributed by atoms with Crippen LogP contribution < -0.4 is 0 Å². The van der Waals surface area contributed by atoms with Gasteiger partial charge in [-0.05, 0) is 44.4 Å². The highest BCUT2D eigenvalue weighted by Crippen LogP contribution is 2.33. The maximum atomic E-state index is 12.8. The number of piperidine rings is 1. The number of rotatable bonds is 6. The van der Waals surface area contributed by atoms with Crippen molar-refractivity contribution in [2.75, 3.05) is 19.6 Å². The summed E-state index contributed by atoms with van der Waals surface area (Å²) in [6.45, 7) is 7.39. The molecule has 2 rings (SSSR count). The Morgan fingerprint density at radius 1 is 1.35 bits per heavy atom. The predicted octanol–water partition coefficient (Wildman–Crippen LogP) is 1.44. The fraction of sp³-hybridized carbons (Fsp3) is 1.00. The van der Waals surface area contributed by atoms with Crippen molar-refractivity contribution in [1.29, 1.82) is 0 Å². The van der Waals surface area contributed by atoms with E-state index in [-0.39, 0.29) is 6.04 Å². The third-order valence-corrected chi connectivity index (χ3v) is 6.65. The number of aliphatic hydroxyl groups excluding tert-OH is 1. The molecule has 20 heavy (non-hydrogen) atoms. The molecule has 1 aliphatic heterocycles. The molecule has 118 valence electrons. The lowest BCUT2D eigenvalue weighted by Gasteiger charge is -2.41. The van der Waals surface area contributed by atoms with Crippen molar-refractivity contribution in [3.05, 3.63) is 0 Å². The lowest BCUT2D eigenvalue weighted by molar-refractivity contribution is 0.0638. The fourth-order valence-corrected chi connectivity index (χ4v) is 4.97. The molecule has 6 heteroatoms. The summed E-state index contributed by atoms with van der Waals surface area (Å²) < 4.78 is 28.8. The van der Waals surface area contributed by atoms with Crippen LogP contribution in [0.4, 0.5) is 0 Å². The maximum absolute atomic E-state index is 12.8. The lowest BCUT2D eigenvalue weighted by atomic mass is 9.92. The minimum Gasteiger partial charge on any atom is -0.392 e. The molecule has 2 fully saturated rings. The van der Waals surface area contributed by atoms with E-state index in [0.29, 0.717) is 31.5 Å². The normalized spacial score (nSPS) is 30.6. The van der Waals surface area contributed by atoms with Crippen molar-refractivity contribution in [2.45, 2.75) is 58.6 Å². The first-order chi connectivity index (χ1) is 9.36. The first-order valence-electron chi connectivity index (χ1n) is 7.81. The molecular weight excluding hydrogens is 276 g/mol. The van der Waals surface area contributed by atoms with Crippen LogP contribution in [0, 0.1) is 11.8 Å². The SMILES string of the molecule is CCN(CC1CC1)S(=O)(=O)N1CCC(C)CC1C(C)O. The second-order valence-electron chi connectivity index (χ2n) is 6.45. The van der Waals surface area contributed by atoms with Gasteiger partial charge in [-0.1, -0.05) is 13.8 Å². The van der Waals surface area contributed by atoms with Crippen LogP contribution in [0.25, 0.3) is 0 Å². The average Bonchev–Trinajstić information content (AvgIpc) is 3.19. The van der Waals surface area contributed by atoms with Crippen LogP contribution in [-0.2, 0) is 10.2 Å². The van der Waals surface area contributed by atoms with Crippen molar-refractivity contribution in [2.24, 2.45) is 11.8 Å². The molecule has 0 aromatic rings. The number of nitrogens with zero attached hydrogens (tertiary/aromatic N) is 2. The summed E-state index contributed by atoms with van der Waals surface area (Å²) in [7, 11) is -3.44. The molecular formula is C14H28N2O3S. The molecule has 0 aromatic carbocycles. The summed E-state index contributed by atoms with van der Waals surface area (Å²) in [6.07, 6.45) is 3.29. The Kier molecular flexibility index (Phi) is 5.10. The van der Waals surface area contributed by atoms with Gasteiger partial charge in [0.25, 0.3) is 10.2 Å². The maximum Gasteiger partial charge on any atom is 0.282 e. The lowest BCUT2D eigenvalue weighted by Crippen LogP contribution is -2.55. The summed E-state index contributed by atoms with van der Waals surface area (Å²) in [5.74, 6) is 1.01. The van der Waals surface area contributed by atoms with Crippen molar-refractivity contribution < 1.29 is 13.5 Å². The van der Waals surface area contributed by atoms with E-state index >= 15 is 0 Å². The van der Waals surface area contributed by atoms with E-state index in [4.69, 9.17) is 0 Å². The van der Waals surface area contributed by atoms with E-state index in [1.165, 1.54) is 0 Å². The number of aliphatic hydroxyl groups is 1. The van der Waals surface area contributed by atoms with E-state index in [1.807, 2.05) is 6.92 Å². The van der Waals surface area contributed by atoms with Gasteiger partial charge >= 0.3 is 0 Å². The van der Waals surface area contributed by atoms with Gasteiger partial charge in [0.1, 0.15) is 0 Å². The second-order valence-corrected chi connectivity index (χ2v) is 8.33. The Hall–Kier alpha value is -0.170. The molecule has 3 unspecified atom stereocenters. The van der Waals surface area contributed by atoms with Crippen molar-refractivity contribution in [3.63, 3.8) is 0 Å². The minimum absolute atomic E-state index is 0.281. The second kappa shape index (κ2) is 6.30. The quantitative estimate of drug-likeness (QED) is 0.808. The molecule has 0 bridgehead atoms. The minimum atomic E-state index is -3.44. The monoisotopic (exact) mass is 304 g/mol. The van der Waals surface area contributed by atoms with Crippen molar-refractivity contribution in [3.8, 4) is 0 Å². The molecule has 1 aliphatic carbocycles. The largest absolute Gasteiger partial charge is 0.392 e. The highest BCUT2D eigenvalue weighted by molar-refractivity contribution is 7.86. The van der Waals surface area contributed by atoms with E-state index in [1.54, 1.807) is 15.5 Å². The zero-order valence-corrected chi connectivity index (χ0v) is 13.6. The molecule has 2 aliphatic rings. The Balaban J connectivity index is 2.16. The van der Waals surface area contributed by atoms with Crippen LogP contribution in [0.15, 0.2) is 0 Å². The van der Waals surface area contributed by atoms with Gasteiger partial charge in [-0.15, -0.1) is 0 Å². The highest BCUT2D eigenvalue weighted by Gasteiger charge is 2.41. The number of hydrogen-bond acceptors (Lipinski definition) is 3. The first-order valence-corrected chi connectivity index (χ1v) is 9.21. The van der Waals surface area contributed by atoms with E-state index in [9.17, 15) is 13.5 Å². The van der Waals surface area contributed by atoms with Gasteiger partial charge < -0.3 is 5.11 Å². The molecule has 3 atom stereocenters. The summed E-state index contributed by atoms with van der Waals surface area (Å²) in [5, 5.41) is 9.95. The van der Waals surface area contributed by atoms with Crippen LogP contribution in [0.3, 0.4) is 0 Å². The Morgan fingerprint density at radius 3 is 2.50 bits per heavy atom. The Morgan fingerprint density at radius 2 is 2.00 bits per heavy atom. The molecule has 0 spiro atoms. The van der Waals surface area contributed by atoms with Gasteiger partial charge in [0, 0.05) is 19.6 Å². The summed E-state index contributed by atoms with van der Waals surface area (Å²) >= 11 is 0. The number of hydrogen-bond donors (Lipinski definition) is 1. The predicted molar refractivity (Wildman–Crippen MR) is 79.5 cm³/mol. The van der Waals surface area contributed by atoms with Gasteiger partial charge in [-0.2, -0.15) is 17.0 Å². The van der Waals surface area contributed by atoms with Crippen LogP contribution in [0.2, 0.25) is 0 Å². The van der Waals surface area contributed by atoms with Gasteiger partial charge in [-0.3, -0.25) is 0 Å². The zero-order chi connectivity index (χ0) is 14.9. The van der Waals surface area contributed by atoms with E-state index in [2.05, 4.69) is 6.92 Å². The third kappa shape index (κ3) is 3.53. The molecule has 1 heterocycles. The molecule has 0 amide bonds. The molecule has 0 aromatic heterocycles. The van der Waals surface area contributed by atoms with Gasteiger partial charge in [-0.25, -0.2) is 0 Å². The standard InChI is InChI=1S/C14H28N2O3S/c1-4-15(10-13-5-6-13)20(18,19)16-8-7-11(2)9-14(16)12(3)17/h11-14,17H,4-10H2,1-3H3. The van der Waals surface area contributed by atoms with Gasteiger partial charge in [0.2, 0.25) is 0 Å². The Bertz CT molecular complexity index is 420. The fourth-order valence-electron chi connectivity index (χ4n) is 3.01. The molecule has 1 saturated carbocycles. The molecule has 5 nitrogen and oxygen atoms in total. The van der Waals surface area contributed by atoms with Crippen LogP contribution >= 0.6 is 0 Å². The van der Waals surface area contributed by atoms with Gasteiger partial charge in [0.05, 0.1) is 12.1 Å². The summed E-state index contributed by atoms with van der Waals surface area (Å²) in [5.41, 5.74) is 0. The van der Waals surface area contributed by atoms with E-state index < -0.39 is 16.3 Å². The first kappa shape index (κ1) is 16.2. The highest BCUT2D eigenvalue weighted by atomic mass is 32.2. The summed E-state index contributed by atoms with van der Waals surface area (Å²) in [6, 6.07) is -0.281. The van der Waals surface area contributed by atoms with Crippen LogP contribution in [0.5, 0.6) is 0 Å². The molecule has 1 saturated heterocycles. The molecule has 0 radical (unpaired) electrons. The third-order valence-electron chi connectivity index (χ3n) is 4.55. The van der Waals surface area contributed by atoms with Crippen LogP contribution in [0.1, 0.15) is 46.5 Å².